The van der Waals surface area contributed by atoms with Crippen LogP contribution in [0.5, 0.6) is 0 Å². The molecule has 0 radical (unpaired) electrons. The van der Waals surface area contributed by atoms with Crippen LogP contribution in [-0.4, -0.2) is 40.1 Å². The number of nitrogens with one attached hydrogen (secondary N) is 1. The predicted molar refractivity (Wildman–Crippen MR) is 103 cm³/mol. The summed E-state index contributed by atoms with van der Waals surface area (Å²) in [6.45, 7) is 0.706. The van der Waals surface area contributed by atoms with Gasteiger partial charge in [-0.1, -0.05) is 0 Å². The molecule has 0 aliphatic carbocycles. The van der Waals surface area contributed by atoms with Crippen molar-refractivity contribution in [3.05, 3.63) is 51.8 Å². The first-order valence-electron chi connectivity index (χ1n) is 8.09. The summed E-state index contributed by atoms with van der Waals surface area (Å²) < 4.78 is 20.8. The number of carbonyl (C=O) groups excluding carboxylic acids is 1. The number of fused-ring (bicyclic) bond motifs is 1. The highest BCUT2D eigenvalue weighted by molar-refractivity contribution is 14.1. The van der Waals surface area contributed by atoms with Crippen LogP contribution >= 0.6 is 22.6 Å². The summed E-state index contributed by atoms with van der Waals surface area (Å²) in [5.41, 5.74) is 1.10. The van der Waals surface area contributed by atoms with E-state index in [-0.39, 0.29) is 23.9 Å². The number of carbonyl (C=O) groups is 1. The number of aliphatic hydroxyl groups is 1. The number of nitrogens with zero attached hydrogens (tertiary/aromatic N) is 2. The van der Waals surface area contributed by atoms with Crippen LogP contribution in [0.3, 0.4) is 0 Å². The Balaban J connectivity index is 1.78. The molecule has 8 heteroatoms. The van der Waals surface area contributed by atoms with E-state index in [1.807, 2.05) is 22.6 Å². The van der Waals surface area contributed by atoms with Gasteiger partial charge in [0, 0.05) is 29.1 Å². The van der Waals surface area contributed by atoms with Gasteiger partial charge in [-0.15, -0.1) is 0 Å². The number of aromatic nitrogens is 1. The van der Waals surface area contributed by atoms with Crippen molar-refractivity contribution in [1.29, 1.82) is 0 Å². The Labute approximate surface area is 162 Å². The minimum Gasteiger partial charge on any atom is -0.448 e. The van der Waals surface area contributed by atoms with Crippen molar-refractivity contribution in [2.75, 3.05) is 18.4 Å². The van der Waals surface area contributed by atoms with Crippen molar-refractivity contribution < 1.29 is 18.7 Å². The maximum atomic E-state index is 14.3. The third kappa shape index (κ3) is 3.14. The second-order valence-corrected chi connectivity index (χ2v) is 7.37. The third-order valence-electron chi connectivity index (χ3n) is 4.33. The molecule has 1 aliphatic rings. The maximum absolute atomic E-state index is 14.3. The first-order chi connectivity index (χ1) is 12.5. The maximum Gasteiger partial charge on any atom is 0.291 e. The lowest BCUT2D eigenvalue weighted by atomic mass is 10.2. The second-order valence-electron chi connectivity index (χ2n) is 6.12. The molecule has 134 valence electrons. The molecule has 26 heavy (non-hydrogen) atoms. The number of anilines is 2. The van der Waals surface area contributed by atoms with Gasteiger partial charge in [0.2, 0.25) is 5.76 Å². The number of β-amino-alcohol motifs (C(OH)–C–C–N with tert-alkyl or cyclic N) is 1. The van der Waals surface area contributed by atoms with Gasteiger partial charge in [0.05, 0.1) is 17.2 Å². The van der Waals surface area contributed by atoms with E-state index in [1.54, 1.807) is 30.6 Å². The number of pyridine rings is 1. The number of furan rings is 1. The summed E-state index contributed by atoms with van der Waals surface area (Å²) in [6, 6.07) is 6.44. The molecule has 1 atom stereocenters. The van der Waals surface area contributed by atoms with Crippen molar-refractivity contribution in [2.24, 2.45) is 0 Å². The van der Waals surface area contributed by atoms with Crippen LogP contribution in [0, 0.1) is 9.39 Å². The number of benzene rings is 1. The standard InChI is InChI=1S/C18H15FIN3O3/c19-13-7-10(20)1-2-14(13)22-16-12-8-21-5-3-15(12)26-17(16)18(25)23-6-4-11(24)9-23/h1-3,5,7-8,11,22,24H,4,6,9H2. The lowest BCUT2D eigenvalue weighted by Crippen LogP contribution is -2.29. The van der Waals surface area contributed by atoms with E-state index in [2.05, 4.69) is 10.3 Å². The summed E-state index contributed by atoms with van der Waals surface area (Å²) in [7, 11) is 0. The molecule has 4 rings (SSSR count). The average molecular weight is 467 g/mol. The molecule has 6 nitrogen and oxygen atoms in total. The number of hydrogen-bond donors (Lipinski definition) is 2. The third-order valence-corrected chi connectivity index (χ3v) is 5.00. The molecule has 2 aromatic heterocycles. The molecule has 1 saturated heterocycles. The van der Waals surface area contributed by atoms with Crippen LogP contribution in [0.2, 0.25) is 0 Å². The number of amides is 1. The van der Waals surface area contributed by atoms with Crippen LogP contribution in [0.25, 0.3) is 11.0 Å². The minimum atomic E-state index is -0.532. The van der Waals surface area contributed by atoms with Crippen LogP contribution in [0.15, 0.2) is 41.1 Å². The highest BCUT2D eigenvalue weighted by atomic mass is 127. The summed E-state index contributed by atoms with van der Waals surface area (Å²) in [5.74, 6) is -0.684. The minimum absolute atomic E-state index is 0.0834. The largest absolute Gasteiger partial charge is 0.448 e. The average Bonchev–Trinajstić information content (AvgIpc) is 3.21. The van der Waals surface area contributed by atoms with Gasteiger partial charge >= 0.3 is 0 Å². The van der Waals surface area contributed by atoms with Gasteiger partial charge in [-0.25, -0.2) is 4.39 Å². The number of hydrogen-bond acceptors (Lipinski definition) is 5. The second kappa shape index (κ2) is 6.84. The van der Waals surface area contributed by atoms with E-state index in [0.29, 0.717) is 29.6 Å². The molecule has 2 N–H and O–H groups in total. The summed E-state index contributed by atoms with van der Waals surface area (Å²) in [4.78, 5) is 18.5. The molecule has 1 aliphatic heterocycles. The van der Waals surface area contributed by atoms with Crippen molar-refractivity contribution in [2.45, 2.75) is 12.5 Å². The monoisotopic (exact) mass is 467 g/mol. The first kappa shape index (κ1) is 17.2. The zero-order valence-electron chi connectivity index (χ0n) is 13.6. The van der Waals surface area contributed by atoms with Gasteiger partial charge in [0.25, 0.3) is 5.91 Å². The van der Waals surface area contributed by atoms with Gasteiger partial charge in [0.1, 0.15) is 17.1 Å². The zero-order chi connectivity index (χ0) is 18.3. The number of likely N-dealkylation sites (tertiary alicyclic amines) is 1. The number of aliphatic hydroxyl groups excluding tert-OH is 1. The Kier molecular flexibility index (Phi) is 4.53. The SMILES string of the molecule is O=C(c1oc2ccncc2c1Nc1ccc(I)cc1F)N1CCC(O)C1. The number of halogens is 2. The van der Waals surface area contributed by atoms with E-state index < -0.39 is 11.9 Å². The zero-order valence-corrected chi connectivity index (χ0v) is 15.7. The van der Waals surface area contributed by atoms with Crippen LogP contribution < -0.4 is 5.32 Å². The normalized spacial score (nSPS) is 17.0. The number of rotatable bonds is 3. The van der Waals surface area contributed by atoms with Gasteiger partial charge in [-0.3, -0.25) is 9.78 Å². The van der Waals surface area contributed by atoms with E-state index in [4.69, 9.17) is 4.42 Å². The molecule has 0 bridgehead atoms. The predicted octanol–water partition coefficient (Wildman–Crippen LogP) is 3.52. The fourth-order valence-electron chi connectivity index (χ4n) is 3.01. The highest BCUT2D eigenvalue weighted by Crippen LogP contribution is 2.35. The molecular weight excluding hydrogens is 452 g/mol. The van der Waals surface area contributed by atoms with E-state index in [0.717, 1.165) is 3.57 Å². The van der Waals surface area contributed by atoms with E-state index >= 15 is 0 Å². The molecule has 1 fully saturated rings. The Morgan fingerprint density at radius 1 is 1.42 bits per heavy atom. The quantitative estimate of drug-likeness (QED) is 0.577. The Morgan fingerprint density at radius 3 is 3.00 bits per heavy atom. The molecule has 0 spiro atoms. The Bertz CT molecular complexity index is 991. The van der Waals surface area contributed by atoms with Gasteiger partial charge in [-0.05, 0) is 53.3 Å². The summed E-state index contributed by atoms with van der Waals surface area (Å²) in [6.07, 6.45) is 3.13. The highest BCUT2D eigenvalue weighted by Gasteiger charge is 2.30. The smallest absolute Gasteiger partial charge is 0.291 e. The lowest BCUT2D eigenvalue weighted by Gasteiger charge is -2.15. The fraction of sp³-hybridized carbons (Fsp3) is 0.222. The van der Waals surface area contributed by atoms with E-state index in [9.17, 15) is 14.3 Å². The van der Waals surface area contributed by atoms with Gasteiger partial charge < -0.3 is 19.7 Å². The van der Waals surface area contributed by atoms with Crippen LogP contribution in [0.1, 0.15) is 17.0 Å². The summed E-state index contributed by atoms with van der Waals surface area (Å²) >= 11 is 2.03. The van der Waals surface area contributed by atoms with Gasteiger partial charge in [-0.2, -0.15) is 0 Å². The molecular formula is C18H15FIN3O3. The molecule has 0 saturated carbocycles. The van der Waals surface area contributed by atoms with Crippen molar-refractivity contribution in [1.82, 2.24) is 9.88 Å². The Hall–Kier alpha value is -2.20. The first-order valence-corrected chi connectivity index (χ1v) is 9.16. The fourth-order valence-corrected chi connectivity index (χ4v) is 3.47. The van der Waals surface area contributed by atoms with Crippen molar-refractivity contribution >= 4 is 50.8 Å². The molecule has 1 amide bonds. The topological polar surface area (TPSA) is 78.6 Å². The van der Waals surface area contributed by atoms with Gasteiger partial charge in [0.15, 0.2) is 0 Å². The molecule has 1 unspecified atom stereocenters. The summed E-state index contributed by atoms with van der Waals surface area (Å²) in [5, 5.41) is 13.3. The molecule has 3 aromatic rings. The van der Waals surface area contributed by atoms with Crippen molar-refractivity contribution in [3.63, 3.8) is 0 Å². The van der Waals surface area contributed by atoms with E-state index in [1.165, 1.54) is 11.0 Å². The van der Waals surface area contributed by atoms with Crippen LogP contribution in [-0.2, 0) is 0 Å². The molecule has 3 heterocycles. The van der Waals surface area contributed by atoms with Crippen LogP contribution in [0.4, 0.5) is 15.8 Å². The molecule has 1 aromatic carbocycles. The van der Waals surface area contributed by atoms with Crippen molar-refractivity contribution in [3.8, 4) is 0 Å². The lowest BCUT2D eigenvalue weighted by molar-refractivity contribution is 0.0737. The Morgan fingerprint density at radius 2 is 2.27 bits per heavy atom.